The molecule has 1 aliphatic carbocycles. The molecule has 0 bridgehead atoms. The fraction of sp³-hybridized carbons (Fsp3) is 0.409. The highest BCUT2D eigenvalue weighted by Gasteiger charge is 2.24. The standard InChI is InChI=1S/C22H26N4O2S/c1-15-4-8-17(9-5-15)24-20(27)16-6-10-18(11-7-16)25-22(28)26-13-14-29-21-19(26)3-2-12-23-21/h2-3,6-7,10-12,15,17H,4-5,8-9,13-14H2,1H3,(H,24,27)(H,25,28). The number of hydrogen-bond acceptors (Lipinski definition) is 4. The zero-order valence-electron chi connectivity index (χ0n) is 16.6. The van der Waals surface area contributed by atoms with E-state index in [-0.39, 0.29) is 18.0 Å². The van der Waals surface area contributed by atoms with Crippen molar-refractivity contribution in [3.05, 3.63) is 48.2 Å². The second-order valence-electron chi connectivity index (χ2n) is 7.77. The van der Waals surface area contributed by atoms with Gasteiger partial charge in [0.1, 0.15) is 5.03 Å². The van der Waals surface area contributed by atoms with Gasteiger partial charge in [0.25, 0.3) is 5.91 Å². The van der Waals surface area contributed by atoms with Gasteiger partial charge < -0.3 is 10.6 Å². The molecule has 0 spiro atoms. The Morgan fingerprint density at radius 3 is 2.62 bits per heavy atom. The van der Waals surface area contributed by atoms with E-state index in [4.69, 9.17) is 0 Å². The average molecular weight is 411 g/mol. The van der Waals surface area contributed by atoms with Gasteiger partial charge in [0, 0.05) is 35.8 Å². The number of nitrogens with zero attached hydrogens (tertiary/aromatic N) is 2. The van der Waals surface area contributed by atoms with Crippen LogP contribution in [0.2, 0.25) is 0 Å². The third kappa shape index (κ3) is 4.72. The Labute approximate surface area is 175 Å². The highest BCUT2D eigenvalue weighted by Crippen LogP contribution is 2.32. The molecule has 2 aliphatic rings. The van der Waals surface area contributed by atoms with E-state index in [2.05, 4.69) is 22.5 Å². The van der Waals surface area contributed by atoms with Crippen molar-refractivity contribution < 1.29 is 9.59 Å². The van der Waals surface area contributed by atoms with Crippen LogP contribution in [0.1, 0.15) is 43.0 Å². The first-order valence-electron chi connectivity index (χ1n) is 10.2. The second kappa shape index (κ2) is 8.86. The first-order chi connectivity index (χ1) is 14.1. The molecule has 1 aromatic carbocycles. The van der Waals surface area contributed by atoms with Crippen LogP contribution in [0.4, 0.5) is 16.2 Å². The molecule has 6 nitrogen and oxygen atoms in total. The number of carbonyl (C=O) groups excluding carboxylic acids is 2. The molecule has 152 valence electrons. The number of anilines is 2. The maximum Gasteiger partial charge on any atom is 0.326 e. The van der Waals surface area contributed by atoms with Crippen molar-refractivity contribution in [3.63, 3.8) is 0 Å². The lowest BCUT2D eigenvalue weighted by molar-refractivity contribution is 0.0923. The molecule has 1 fully saturated rings. The van der Waals surface area contributed by atoms with E-state index in [1.165, 1.54) is 12.8 Å². The molecule has 4 rings (SSSR count). The molecular weight excluding hydrogens is 384 g/mol. The number of hydrogen-bond donors (Lipinski definition) is 2. The summed E-state index contributed by atoms with van der Waals surface area (Å²) in [4.78, 5) is 31.3. The molecule has 2 N–H and O–H groups in total. The predicted molar refractivity (Wildman–Crippen MR) is 117 cm³/mol. The van der Waals surface area contributed by atoms with Gasteiger partial charge in [-0.25, -0.2) is 9.78 Å². The van der Waals surface area contributed by atoms with E-state index in [0.717, 1.165) is 35.2 Å². The fourth-order valence-corrected chi connectivity index (χ4v) is 4.76. The third-order valence-electron chi connectivity index (χ3n) is 5.59. The Kier molecular flexibility index (Phi) is 6.04. The highest BCUT2D eigenvalue weighted by molar-refractivity contribution is 7.99. The van der Waals surface area contributed by atoms with E-state index >= 15 is 0 Å². The smallest absolute Gasteiger partial charge is 0.326 e. The van der Waals surface area contributed by atoms with Gasteiger partial charge in [-0.2, -0.15) is 0 Å². The summed E-state index contributed by atoms with van der Waals surface area (Å²) in [5, 5.41) is 6.93. The van der Waals surface area contributed by atoms with Crippen LogP contribution >= 0.6 is 11.8 Å². The normalized spacial score (nSPS) is 21.2. The molecule has 0 atom stereocenters. The molecule has 2 heterocycles. The van der Waals surface area contributed by atoms with Crippen LogP contribution in [0.15, 0.2) is 47.6 Å². The number of fused-ring (bicyclic) bond motifs is 1. The van der Waals surface area contributed by atoms with Crippen LogP contribution in [0.25, 0.3) is 0 Å². The van der Waals surface area contributed by atoms with Crippen LogP contribution in [-0.2, 0) is 0 Å². The summed E-state index contributed by atoms with van der Waals surface area (Å²) in [5.41, 5.74) is 2.12. The number of rotatable bonds is 3. The van der Waals surface area contributed by atoms with Crippen molar-refractivity contribution in [3.8, 4) is 0 Å². The van der Waals surface area contributed by atoms with Crippen LogP contribution in [0.3, 0.4) is 0 Å². The predicted octanol–water partition coefficient (Wildman–Crippen LogP) is 4.53. The van der Waals surface area contributed by atoms with Crippen molar-refractivity contribution in [2.24, 2.45) is 5.92 Å². The van der Waals surface area contributed by atoms with Crippen molar-refractivity contribution >= 4 is 35.1 Å². The molecule has 2 aromatic rings. The monoisotopic (exact) mass is 410 g/mol. The van der Waals surface area contributed by atoms with Gasteiger partial charge in [0.2, 0.25) is 0 Å². The largest absolute Gasteiger partial charge is 0.349 e. The molecule has 1 saturated carbocycles. The number of benzene rings is 1. The maximum absolute atomic E-state index is 12.7. The van der Waals surface area contributed by atoms with Crippen molar-refractivity contribution in [1.29, 1.82) is 0 Å². The Bertz CT molecular complexity index is 879. The van der Waals surface area contributed by atoms with Gasteiger partial charge in [-0.05, 0) is 68.0 Å². The van der Waals surface area contributed by atoms with Crippen LogP contribution < -0.4 is 15.5 Å². The molecular formula is C22H26N4O2S. The Morgan fingerprint density at radius 1 is 1.10 bits per heavy atom. The molecule has 1 aromatic heterocycles. The molecule has 0 unspecified atom stereocenters. The van der Waals surface area contributed by atoms with Crippen molar-refractivity contribution in [1.82, 2.24) is 10.3 Å². The summed E-state index contributed by atoms with van der Waals surface area (Å²) in [7, 11) is 0. The average Bonchev–Trinajstić information content (AvgIpc) is 2.75. The number of pyridine rings is 1. The lowest BCUT2D eigenvalue weighted by atomic mass is 9.87. The summed E-state index contributed by atoms with van der Waals surface area (Å²) in [5.74, 6) is 1.53. The summed E-state index contributed by atoms with van der Waals surface area (Å²) >= 11 is 1.66. The number of urea groups is 1. The zero-order chi connectivity index (χ0) is 20.2. The van der Waals surface area contributed by atoms with Crippen molar-refractivity contribution in [2.45, 2.75) is 43.7 Å². The first-order valence-corrected chi connectivity index (χ1v) is 11.2. The van der Waals surface area contributed by atoms with Crippen molar-refractivity contribution in [2.75, 3.05) is 22.5 Å². The minimum atomic E-state index is -0.187. The summed E-state index contributed by atoms with van der Waals surface area (Å²) in [6, 6.07) is 10.9. The fourth-order valence-electron chi connectivity index (χ4n) is 3.83. The summed E-state index contributed by atoms with van der Waals surface area (Å²) in [6.45, 7) is 2.90. The van der Waals surface area contributed by atoms with Crippen LogP contribution in [0.5, 0.6) is 0 Å². The van der Waals surface area contributed by atoms with E-state index in [1.807, 2.05) is 12.1 Å². The second-order valence-corrected chi connectivity index (χ2v) is 8.85. The molecule has 29 heavy (non-hydrogen) atoms. The van der Waals surface area contributed by atoms with Gasteiger partial charge in [0.15, 0.2) is 0 Å². The highest BCUT2D eigenvalue weighted by atomic mass is 32.2. The molecule has 0 saturated heterocycles. The van der Waals surface area contributed by atoms with Gasteiger partial charge >= 0.3 is 6.03 Å². The Hall–Kier alpha value is -2.54. The van der Waals surface area contributed by atoms with Crippen LogP contribution in [-0.4, -0.2) is 35.3 Å². The number of amides is 3. The number of aromatic nitrogens is 1. The molecule has 3 amide bonds. The van der Waals surface area contributed by atoms with E-state index < -0.39 is 0 Å². The van der Waals surface area contributed by atoms with Gasteiger partial charge in [-0.1, -0.05) is 6.92 Å². The molecule has 0 radical (unpaired) electrons. The van der Waals surface area contributed by atoms with Gasteiger partial charge in [-0.15, -0.1) is 11.8 Å². The summed E-state index contributed by atoms with van der Waals surface area (Å²) < 4.78 is 0. The number of carbonyl (C=O) groups is 2. The topological polar surface area (TPSA) is 74.3 Å². The van der Waals surface area contributed by atoms with E-state index in [1.54, 1.807) is 47.1 Å². The summed E-state index contributed by atoms with van der Waals surface area (Å²) in [6.07, 6.45) is 6.18. The maximum atomic E-state index is 12.7. The Morgan fingerprint density at radius 2 is 1.86 bits per heavy atom. The lowest BCUT2D eigenvalue weighted by Gasteiger charge is -2.28. The zero-order valence-corrected chi connectivity index (χ0v) is 17.4. The quantitative estimate of drug-likeness (QED) is 0.779. The molecule has 1 aliphatic heterocycles. The SMILES string of the molecule is CC1CCC(NC(=O)c2ccc(NC(=O)N3CCSc4ncccc43)cc2)CC1. The van der Waals surface area contributed by atoms with Crippen LogP contribution in [0, 0.1) is 5.92 Å². The third-order valence-corrected chi connectivity index (χ3v) is 6.56. The first kappa shape index (κ1) is 19.8. The number of thioether (sulfide) groups is 1. The lowest BCUT2D eigenvalue weighted by Crippen LogP contribution is -2.39. The van der Waals surface area contributed by atoms with E-state index in [0.29, 0.717) is 17.8 Å². The minimum absolute atomic E-state index is 0.0458. The van der Waals surface area contributed by atoms with E-state index in [9.17, 15) is 9.59 Å². The van der Waals surface area contributed by atoms with Gasteiger partial charge in [0.05, 0.1) is 5.69 Å². The number of nitrogens with one attached hydrogen (secondary N) is 2. The molecule has 7 heteroatoms. The minimum Gasteiger partial charge on any atom is -0.349 e. The Balaban J connectivity index is 1.36. The van der Waals surface area contributed by atoms with Gasteiger partial charge in [-0.3, -0.25) is 9.69 Å².